The van der Waals surface area contributed by atoms with Gasteiger partial charge < -0.3 is 5.73 Å². The Hall–Kier alpha value is -0.990. The van der Waals surface area contributed by atoms with Gasteiger partial charge in [0.15, 0.2) is 0 Å². The quantitative estimate of drug-likeness (QED) is 0.870. The van der Waals surface area contributed by atoms with E-state index in [0.717, 1.165) is 30.0 Å². The largest absolute Gasteiger partial charge is 0.396 e. The fraction of sp³-hybridized carbons (Fsp3) is 0.800. The third kappa shape index (κ3) is 1.39. The molecular weight excluding hydrogens is 222 g/mol. The molecule has 2 N–H and O–H groups in total. The average molecular weight is 245 g/mol. The second-order valence-corrected chi connectivity index (χ2v) is 6.99. The first-order valence-corrected chi connectivity index (χ1v) is 7.52. The first-order chi connectivity index (χ1) is 8.68. The molecule has 4 fully saturated rings. The van der Waals surface area contributed by atoms with Gasteiger partial charge in [0.1, 0.15) is 0 Å². The fourth-order valence-corrected chi connectivity index (χ4v) is 5.41. The van der Waals surface area contributed by atoms with E-state index < -0.39 is 0 Å². The molecule has 18 heavy (non-hydrogen) atoms. The lowest BCUT2D eigenvalue weighted by atomic mass is 9.48. The molecule has 4 aliphatic rings. The van der Waals surface area contributed by atoms with E-state index in [2.05, 4.69) is 6.92 Å². The lowest BCUT2D eigenvalue weighted by Crippen LogP contribution is -2.49. The Morgan fingerprint density at radius 1 is 1.22 bits per heavy atom. The van der Waals surface area contributed by atoms with Gasteiger partial charge in [-0.2, -0.15) is 5.10 Å². The van der Waals surface area contributed by atoms with Crippen LogP contribution in [0.4, 0.5) is 5.69 Å². The summed E-state index contributed by atoms with van der Waals surface area (Å²) in [5.74, 6) is 2.88. The number of hydrogen-bond acceptors (Lipinski definition) is 2. The molecule has 3 heteroatoms. The molecule has 3 nitrogen and oxygen atoms in total. The number of nitrogen functional groups attached to an aromatic ring is 1. The van der Waals surface area contributed by atoms with Gasteiger partial charge in [0, 0.05) is 18.2 Å². The maximum atomic E-state index is 6.26. The van der Waals surface area contributed by atoms with Crippen LogP contribution in [0.1, 0.15) is 51.1 Å². The van der Waals surface area contributed by atoms with E-state index >= 15 is 0 Å². The van der Waals surface area contributed by atoms with Crippen LogP contribution in [-0.4, -0.2) is 9.78 Å². The molecule has 1 aromatic heterocycles. The number of aryl methyl sites for hydroxylation is 1. The van der Waals surface area contributed by atoms with Gasteiger partial charge in [-0.1, -0.05) is 0 Å². The first-order valence-electron chi connectivity index (χ1n) is 7.52. The molecule has 4 bridgehead atoms. The highest BCUT2D eigenvalue weighted by molar-refractivity contribution is 5.46. The van der Waals surface area contributed by atoms with Crippen LogP contribution in [0.3, 0.4) is 0 Å². The topological polar surface area (TPSA) is 43.8 Å². The molecule has 0 radical (unpaired) electrons. The van der Waals surface area contributed by atoms with Gasteiger partial charge in [0.2, 0.25) is 0 Å². The van der Waals surface area contributed by atoms with Crippen molar-refractivity contribution in [1.82, 2.24) is 9.78 Å². The standard InChI is InChI=1S/C15H23N3/c1-2-18-9-13(16)14(17-18)15-6-10-3-11(7-15)5-12(4-10)8-15/h9-12H,2-8,16H2,1H3. The first kappa shape index (κ1) is 10.9. The maximum Gasteiger partial charge on any atom is 0.0915 e. The van der Waals surface area contributed by atoms with Crippen molar-refractivity contribution in [1.29, 1.82) is 0 Å². The lowest BCUT2D eigenvalue weighted by Gasteiger charge is -2.56. The molecule has 0 atom stereocenters. The van der Waals surface area contributed by atoms with E-state index in [4.69, 9.17) is 10.8 Å². The molecule has 0 unspecified atom stereocenters. The molecule has 1 heterocycles. The lowest BCUT2D eigenvalue weighted by molar-refractivity contribution is -0.00712. The van der Waals surface area contributed by atoms with Crippen LogP contribution in [0.15, 0.2) is 6.20 Å². The van der Waals surface area contributed by atoms with Crippen LogP contribution in [0.5, 0.6) is 0 Å². The van der Waals surface area contributed by atoms with Crippen molar-refractivity contribution in [3.05, 3.63) is 11.9 Å². The van der Waals surface area contributed by atoms with Crippen LogP contribution in [-0.2, 0) is 12.0 Å². The number of anilines is 1. The van der Waals surface area contributed by atoms with Gasteiger partial charge in [-0.25, -0.2) is 0 Å². The molecule has 0 aliphatic heterocycles. The maximum absolute atomic E-state index is 6.26. The van der Waals surface area contributed by atoms with Gasteiger partial charge in [-0.05, 0) is 63.2 Å². The molecule has 0 spiro atoms. The minimum Gasteiger partial charge on any atom is -0.396 e. The molecule has 5 rings (SSSR count). The van der Waals surface area contributed by atoms with Crippen molar-refractivity contribution in [3.8, 4) is 0 Å². The molecule has 4 saturated carbocycles. The van der Waals surface area contributed by atoms with Crippen molar-refractivity contribution in [3.63, 3.8) is 0 Å². The van der Waals surface area contributed by atoms with Gasteiger partial charge in [0.25, 0.3) is 0 Å². The van der Waals surface area contributed by atoms with Gasteiger partial charge in [-0.3, -0.25) is 4.68 Å². The summed E-state index contributed by atoms with van der Waals surface area (Å²) in [4.78, 5) is 0. The monoisotopic (exact) mass is 245 g/mol. The summed E-state index contributed by atoms with van der Waals surface area (Å²) in [6.45, 7) is 3.06. The van der Waals surface area contributed by atoms with E-state index in [1.807, 2.05) is 10.9 Å². The van der Waals surface area contributed by atoms with Crippen LogP contribution in [0, 0.1) is 17.8 Å². The van der Waals surface area contributed by atoms with Crippen molar-refractivity contribution < 1.29 is 0 Å². The van der Waals surface area contributed by atoms with Crippen LogP contribution in [0.25, 0.3) is 0 Å². The summed E-state index contributed by atoms with van der Waals surface area (Å²) in [7, 11) is 0. The predicted molar refractivity (Wildman–Crippen MR) is 72.2 cm³/mol. The fourth-order valence-electron chi connectivity index (χ4n) is 5.41. The summed E-state index contributed by atoms with van der Waals surface area (Å²) in [5.41, 5.74) is 8.78. The summed E-state index contributed by atoms with van der Waals surface area (Å²) in [6, 6.07) is 0. The summed E-state index contributed by atoms with van der Waals surface area (Å²) < 4.78 is 2.02. The van der Waals surface area contributed by atoms with Crippen LogP contribution in [0.2, 0.25) is 0 Å². The zero-order valence-electron chi connectivity index (χ0n) is 11.2. The van der Waals surface area contributed by atoms with Crippen LogP contribution < -0.4 is 5.73 Å². The minimum atomic E-state index is 0.346. The van der Waals surface area contributed by atoms with E-state index in [0.29, 0.717) is 5.41 Å². The van der Waals surface area contributed by atoms with Crippen molar-refractivity contribution in [2.45, 2.75) is 57.4 Å². The van der Waals surface area contributed by atoms with E-state index in [9.17, 15) is 0 Å². The third-order valence-corrected chi connectivity index (χ3v) is 5.65. The number of aromatic nitrogens is 2. The highest BCUT2D eigenvalue weighted by Crippen LogP contribution is 2.61. The second kappa shape index (κ2) is 3.52. The molecule has 98 valence electrons. The van der Waals surface area contributed by atoms with Crippen molar-refractivity contribution >= 4 is 5.69 Å². The van der Waals surface area contributed by atoms with Gasteiger partial charge in [-0.15, -0.1) is 0 Å². The number of rotatable bonds is 2. The Kier molecular flexibility index (Phi) is 2.13. The number of nitrogens with two attached hydrogens (primary N) is 1. The van der Waals surface area contributed by atoms with Crippen molar-refractivity contribution in [2.24, 2.45) is 17.8 Å². The highest BCUT2D eigenvalue weighted by atomic mass is 15.3. The molecule has 0 saturated heterocycles. The predicted octanol–water partition coefficient (Wildman–Crippen LogP) is 2.95. The molecular formula is C15H23N3. The highest BCUT2D eigenvalue weighted by Gasteiger charge is 2.53. The summed E-state index contributed by atoms with van der Waals surface area (Å²) in [5, 5.41) is 4.81. The Morgan fingerprint density at radius 3 is 2.22 bits per heavy atom. The molecule has 0 amide bonds. The Balaban J connectivity index is 1.76. The van der Waals surface area contributed by atoms with Crippen molar-refractivity contribution in [2.75, 3.05) is 5.73 Å². The molecule has 1 aromatic rings. The van der Waals surface area contributed by atoms with E-state index in [1.54, 1.807) is 0 Å². The SMILES string of the molecule is CCn1cc(N)c(C23CC4CC(CC(C4)C2)C3)n1. The average Bonchev–Trinajstić information content (AvgIpc) is 2.69. The smallest absolute Gasteiger partial charge is 0.0915 e. The van der Waals surface area contributed by atoms with Gasteiger partial charge >= 0.3 is 0 Å². The van der Waals surface area contributed by atoms with Crippen LogP contribution >= 0.6 is 0 Å². The normalized spacial score (nSPS) is 41.5. The summed E-state index contributed by atoms with van der Waals surface area (Å²) >= 11 is 0. The third-order valence-electron chi connectivity index (χ3n) is 5.65. The Morgan fingerprint density at radius 2 is 1.78 bits per heavy atom. The van der Waals surface area contributed by atoms with Gasteiger partial charge in [0.05, 0.1) is 11.4 Å². The second-order valence-electron chi connectivity index (χ2n) is 6.99. The molecule has 4 aliphatic carbocycles. The summed E-state index contributed by atoms with van der Waals surface area (Å²) in [6.07, 6.45) is 10.5. The van der Waals surface area contributed by atoms with E-state index in [1.165, 1.54) is 44.2 Å². The minimum absolute atomic E-state index is 0.346. The molecule has 0 aromatic carbocycles. The Labute approximate surface area is 109 Å². The zero-order valence-corrected chi connectivity index (χ0v) is 11.2. The number of hydrogen-bond donors (Lipinski definition) is 1. The zero-order chi connectivity index (χ0) is 12.3. The Bertz CT molecular complexity index is 439. The van der Waals surface area contributed by atoms with E-state index in [-0.39, 0.29) is 0 Å². The number of nitrogens with zero attached hydrogens (tertiary/aromatic N) is 2.